The minimum absolute atomic E-state index is 0.269. The molecule has 7 heteroatoms. The maximum atomic E-state index is 13.0. The van der Waals surface area contributed by atoms with Crippen molar-refractivity contribution in [2.75, 3.05) is 6.26 Å². The summed E-state index contributed by atoms with van der Waals surface area (Å²) < 4.78 is 28.7. The second-order valence-corrected chi connectivity index (χ2v) is 9.79. The highest BCUT2D eigenvalue weighted by molar-refractivity contribution is 7.93. The third-order valence-electron chi connectivity index (χ3n) is 5.13. The molecule has 2 aromatic rings. The molecule has 160 valence electrons. The molecule has 1 aliphatic rings. The number of sulfone groups is 1. The number of aromatic nitrogens is 1. The topological polar surface area (TPSA) is 85.4 Å². The molecule has 0 radical (unpaired) electrons. The molecular formula is C23H28N2O4S. The minimum Gasteiger partial charge on any atom is -0.438 e. The Bertz CT molecular complexity index is 1030. The lowest BCUT2D eigenvalue weighted by Gasteiger charge is -2.18. The van der Waals surface area contributed by atoms with Gasteiger partial charge in [0.1, 0.15) is 11.3 Å². The molecule has 1 amide bonds. The van der Waals surface area contributed by atoms with Gasteiger partial charge in [-0.3, -0.25) is 4.79 Å². The average molecular weight is 429 g/mol. The van der Waals surface area contributed by atoms with Gasteiger partial charge in [-0.15, -0.1) is 0 Å². The Balaban J connectivity index is 1.92. The molecule has 0 saturated heterocycles. The number of rotatable bonds is 7. The highest BCUT2D eigenvalue weighted by Gasteiger charge is 2.25. The third kappa shape index (κ3) is 5.92. The summed E-state index contributed by atoms with van der Waals surface area (Å²) >= 11 is 0. The van der Waals surface area contributed by atoms with Gasteiger partial charge < -0.3 is 10.1 Å². The van der Waals surface area contributed by atoms with Crippen LogP contribution in [-0.4, -0.2) is 31.6 Å². The van der Waals surface area contributed by atoms with Crippen LogP contribution in [-0.2, 0) is 9.84 Å². The largest absolute Gasteiger partial charge is 0.438 e. The first-order chi connectivity index (χ1) is 14.2. The van der Waals surface area contributed by atoms with E-state index >= 15 is 0 Å². The zero-order valence-corrected chi connectivity index (χ0v) is 18.4. The van der Waals surface area contributed by atoms with Crippen LogP contribution in [0.25, 0.3) is 0 Å². The maximum Gasteiger partial charge on any atom is 0.257 e. The fourth-order valence-electron chi connectivity index (χ4n) is 3.66. The van der Waals surface area contributed by atoms with Gasteiger partial charge in [0, 0.05) is 23.6 Å². The fraction of sp³-hybridized carbons (Fsp3) is 0.391. The molecule has 1 atom stereocenters. The first-order valence-corrected chi connectivity index (χ1v) is 12.1. The van der Waals surface area contributed by atoms with Crippen molar-refractivity contribution in [1.82, 2.24) is 10.3 Å². The second kappa shape index (κ2) is 9.43. The van der Waals surface area contributed by atoms with Crippen LogP contribution < -0.4 is 10.1 Å². The number of nitrogens with one attached hydrogen (secondary N) is 1. The van der Waals surface area contributed by atoms with Crippen LogP contribution in [0.5, 0.6) is 11.6 Å². The number of amides is 1. The summed E-state index contributed by atoms with van der Waals surface area (Å²) in [5.41, 5.74) is 2.28. The van der Waals surface area contributed by atoms with Gasteiger partial charge in [0.25, 0.3) is 5.91 Å². The highest BCUT2D eigenvalue weighted by Crippen LogP contribution is 2.37. The smallest absolute Gasteiger partial charge is 0.257 e. The van der Waals surface area contributed by atoms with Gasteiger partial charge in [0.15, 0.2) is 9.84 Å². The SMILES string of the molecule is Cc1cc(C(=O)NC(C)/C=C/S(C)(=O)=O)c(Oc2ccccc2)nc1C1CCCC1. The molecule has 1 unspecified atom stereocenters. The molecule has 3 rings (SSSR count). The molecule has 0 aliphatic heterocycles. The number of aryl methyl sites for hydroxylation is 1. The number of benzene rings is 1. The van der Waals surface area contributed by atoms with E-state index in [0.717, 1.165) is 35.8 Å². The molecule has 1 N–H and O–H groups in total. The van der Waals surface area contributed by atoms with Crippen molar-refractivity contribution < 1.29 is 17.9 Å². The van der Waals surface area contributed by atoms with Crippen molar-refractivity contribution in [1.29, 1.82) is 0 Å². The van der Waals surface area contributed by atoms with Gasteiger partial charge in [-0.05, 0) is 50.5 Å². The molecule has 1 fully saturated rings. The van der Waals surface area contributed by atoms with E-state index in [1.807, 2.05) is 43.3 Å². The summed E-state index contributed by atoms with van der Waals surface area (Å²) in [4.78, 5) is 17.7. The van der Waals surface area contributed by atoms with Crippen LogP contribution in [0.2, 0.25) is 0 Å². The number of para-hydroxylation sites is 1. The van der Waals surface area contributed by atoms with Gasteiger partial charge in [-0.2, -0.15) is 0 Å². The summed E-state index contributed by atoms with van der Waals surface area (Å²) in [6, 6.07) is 10.6. The fourth-order valence-corrected chi connectivity index (χ4v) is 4.18. The van der Waals surface area contributed by atoms with Crippen molar-refractivity contribution in [3.63, 3.8) is 0 Å². The Morgan fingerprint density at radius 2 is 1.90 bits per heavy atom. The molecule has 1 aromatic heterocycles. The van der Waals surface area contributed by atoms with Crippen LogP contribution in [0.3, 0.4) is 0 Å². The van der Waals surface area contributed by atoms with Crippen LogP contribution in [0.15, 0.2) is 47.9 Å². The number of hydrogen-bond donors (Lipinski definition) is 1. The number of pyridine rings is 1. The van der Waals surface area contributed by atoms with Gasteiger partial charge >= 0.3 is 0 Å². The average Bonchev–Trinajstić information content (AvgIpc) is 3.22. The Morgan fingerprint density at radius 3 is 2.53 bits per heavy atom. The van der Waals surface area contributed by atoms with E-state index in [1.165, 1.54) is 18.9 Å². The van der Waals surface area contributed by atoms with E-state index in [2.05, 4.69) is 5.32 Å². The van der Waals surface area contributed by atoms with Crippen molar-refractivity contribution in [3.05, 3.63) is 64.7 Å². The van der Waals surface area contributed by atoms with Gasteiger partial charge in [-0.1, -0.05) is 37.1 Å². The van der Waals surface area contributed by atoms with Crippen molar-refractivity contribution in [2.45, 2.75) is 51.5 Å². The summed E-state index contributed by atoms with van der Waals surface area (Å²) in [5, 5.41) is 3.89. The molecule has 1 aromatic carbocycles. The zero-order chi connectivity index (χ0) is 21.7. The lowest BCUT2D eigenvalue weighted by molar-refractivity contribution is 0.0943. The Kier molecular flexibility index (Phi) is 6.92. The first-order valence-electron chi connectivity index (χ1n) is 10.2. The summed E-state index contributed by atoms with van der Waals surface area (Å²) in [6.45, 7) is 3.68. The van der Waals surface area contributed by atoms with Crippen LogP contribution in [0.1, 0.15) is 60.1 Å². The standard InChI is InChI=1S/C23H28N2O4S/c1-16-15-20(22(26)24-17(2)13-14-30(3,27)28)23(29-19-11-5-4-6-12-19)25-21(16)18-9-7-8-10-18/h4-6,11-15,17-18H,7-10H2,1-3H3,(H,24,26)/b14-13+. The highest BCUT2D eigenvalue weighted by atomic mass is 32.2. The van der Waals surface area contributed by atoms with Crippen molar-refractivity contribution in [3.8, 4) is 11.6 Å². The lowest BCUT2D eigenvalue weighted by Crippen LogP contribution is -2.31. The summed E-state index contributed by atoms with van der Waals surface area (Å²) in [7, 11) is -3.26. The third-order valence-corrected chi connectivity index (χ3v) is 5.79. The van der Waals surface area contributed by atoms with Gasteiger partial charge in [0.2, 0.25) is 5.88 Å². The molecule has 1 aliphatic carbocycles. The summed E-state index contributed by atoms with van der Waals surface area (Å²) in [5.74, 6) is 0.896. The molecule has 30 heavy (non-hydrogen) atoms. The number of ether oxygens (including phenoxy) is 1. The molecule has 0 bridgehead atoms. The first kappa shape index (κ1) is 22.0. The maximum absolute atomic E-state index is 13.0. The normalized spacial score (nSPS) is 16.0. The summed E-state index contributed by atoms with van der Waals surface area (Å²) in [6.07, 6.45) is 7.12. The predicted molar refractivity (Wildman–Crippen MR) is 118 cm³/mol. The van der Waals surface area contributed by atoms with E-state index in [1.54, 1.807) is 6.92 Å². The van der Waals surface area contributed by atoms with E-state index in [4.69, 9.17) is 9.72 Å². The van der Waals surface area contributed by atoms with Crippen LogP contribution in [0.4, 0.5) is 0 Å². The number of hydrogen-bond acceptors (Lipinski definition) is 5. The molecule has 0 spiro atoms. The molecule has 6 nitrogen and oxygen atoms in total. The number of carbonyl (C=O) groups excluding carboxylic acids is 1. The van der Waals surface area contributed by atoms with E-state index in [0.29, 0.717) is 17.2 Å². The molecule has 1 saturated carbocycles. The number of nitrogens with zero attached hydrogens (tertiary/aromatic N) is 1. The zero-order valence-electron chi connectivity index (χ0n) is 17.6. The van der Waals surface area contributed by atoms with Crippen LogP contribution in [0, 0.1) is 6.92 Å². The van der Waals surface area contributed by atoms with E-state index in [9.17, 15) is 13.2 Å². The lowest BCUT2D eigenvalue weighted by atomic mass is 9.98. The van der Waals surface area contributed by atoms with Gasteiger partial charge in [0.05, 0.1) is 5.69 Å². The van der Waals surface area contributed by atoms with Gasteiger partial charge in [-0.25, -0.2) is 13.4 Å². The number of carbonyl (C=O) groups is 1. The van der Waals surface area contributed by atoms with Crippen molar-refractivity contribution in [2.24, 2.45) is 0 Å². The quantitative estimate of drug-likeness (QED) is 0.701. The van der Waals surface area contributed by atoms with Crippen LogP contribution >= 0.6 is 0 Å². The van der Waals surface area contributed by atoms with Crippen molar-refractivity contribution >= 4 is 15.7 Å². The second-order valence-electron chi connectivity index (χ2n) is 7.86. The molecular weight excluding hydrogens is 400 g/mol. The van der Waals surface area contributed by atoms with E-state index < -0.39 is 15.9 Å². The predicted octanol–water partition coefficient (Wildman–Crippen LogP) is 4.52. The minimum atomic E-state index is -3.26. The Labute approximate surface area is 178 Å². The Hall–Kier alpha value is -2.67. The monoisotopic (exact) mass is 428 g/mol. The van der Waals surface area contributed by atoms with E-state index in [-0.39, 0.29) is 11.8 Å². The molecule has 1 heterocycles. The Morgan fingerprint density at radius 1 is 1.23 bits per heavy atom.